The van der Waals surface area contributed by atoms with Crippen molar-refractivity contribution < 1.29 is 18.3 Å². The zero-order valence-corrected chi connectivity index (χ0v) is 17.8. The second-order valence-electron chi connectivity index (χ2n) is 7.05. The van der Waals surface area contributed by atoms with Gasteiger partial charge in [0.1, 0.15) is 5.78 Å². The topological polar surface area (TPSA) is 26.3 Å². The third-order valence-corrected chi connectivity index (χ3v) is 4.28. The van der Waals surface area contributed by atoms with Gasteiger partial charge in [0, 0.05) is 13.5 Å². The Hall–Kier alpha value is -1.29. The van der Waals surface area contributed by atoms with Crippen molar-refractivity contribution in [3.8, 4) is 0 Å². The van der Waals surface area contributed by atoms with Gasteiger partial charge in [-0.05, 0) is 56.1 Å². The Morgan fingerprint density at radius 3 is 1.65 bits per heavy atom. The first-order valence-corrected chi connectivity index (χ1v) is 9.49. The molecule has 152 valence electrons. The van der Waals surface area contributed by atoms with Crippen LogP contribution in [0.3, 0.4) is 0 Å². The number of hydrogen-bond donors (Lipinski definition) is 0. The summed E-state index contributed by atoms with van der Waals surface area (Å²) in [6.07, 6.45) is 3.54. The molecular weight excluding hydrogens is 334 g/mol. The summed E-state index contributed by atoms with van der Waals surface area (Å²) in [6.45, 7) is 18.5. The van der Waals surface area contributed by atoms with Crippen LogP contribution in [-0.2, 0) is 9.53 Å². The van der Waals surface area contributed by atoms with Crippen molar-refractivity contribution in [1.29, 1.82) is 0 Å². The van der Waals surface area contributed by atoms with Crippen LogP contribution < -0.4 is 0 Å². The predicted molar refractivity (Wildman–Crippen MR) is 107 cm³/mol. The van der Waals surface area contributed by atoms with Gasteiger partial charge in [-0.25, -0.2) is 8.78 Å². The van der Waals surface area contributed by atoms with Crippen LogP contribution >= 0.6 is 0 Å². The highest BCUT2D eigenvalue weighted by atomic mass is 19.2. The maximum absolute atomic E-state index is 14.3. The minimum absolute atomic E-state index is 0.0276. The van der Waals surface area contributed by atoms with E-state index in [-0.39, 0.29) is 34.9 Å². The Balaban J connectivity index is 0. The van der Waals surface area contributed by atoms with Crippen molar-refractivity contribution in [2.75, 3.05) is 7.11 Å². The van der Waals surface area contributed by atoms with Gasteiger partial charge in [-0.2, -0.15) is 0 Å². The number of Topliss-reactive ketones (excluding diaryl/α,β-unsaturated/α-hetero) is 1. The van der Waals surface area contributed by atoms with Gasteiger partial charge in [0.2, 0.25) is 0 Å². The lowest BCUT2D eigenvalue weighted by Crippen LogP contribution is -2.09. The molecule has 0 bridgehead atoms. The highest BCUT2D eigenvalue weighted by Crippen LogP contribution is 2.32. The Kier molecular flexibility index (Phi) is 15.4. The summed E-state index contributed by atoms with van der Waals surface area (Å²) in [5.74, 6) is -2.32. The summed E-state index contributed by atoms with van der Waals surface area (Å²) in [4.78, 5) is 11.0. The van der Waals surface area contributed by atoms with Crippen LogP contribution in [0.1, 0.15) is 73.6 Å². The molecule has 0 aromatic rings. The van der Waals surface area contributed by atoms with Gasteiger partial charge in [-0.3, -0.25) is 0 Å². The molecule has 4 heteroatoms. The van der Waals surface area contributed by atoms with Crippen molar-refractivity contribution >= 4 is 5.78 Å². The van der Waals surface area contributed by atoms with Gasteiger partial charge in [0.15, 0.2) is 11.7 Å². The smallest absolute Gasteiger partial charge is 0.161 e. The average Bonchev–Trinajstić information content (AvgIpc) is 2.61. The first-order chi connectivity index (χ1) is 12.0. The standard InChI is InChI=1S/C19H30F2O2.C3H8/c1-12(8-10-14(3)22)16(5)18(20)19(21)17(6)13(2)9-11-15(4)23-7;1-3-2/h12-13,15H,5-6,8-11H2,1-4,7H3;3H2,1-2H3/b19-18-;. The quantitative estimate of drug-likeness (QED) is 0.361. The fourth-order valence-corrected chi connectivity index (χ4v) is 2.09. The Morgan fingerprint density at radius 1 is 0.923 bits per heavy atom. The summed E-state index contributed by atoms with van der Waals surface area (Å²) in [5.41, 5.74) is 0.230. The van der Waals surface area contributed by atoms with Crippen LogP contribution in [0, 0.1) is 11.8 Å². The highest BCUT2D eigenvalue weighted by Gasteiger charge is 2.21. The predicted octanol–water partition coefficient (Wildman–Crippen LogP) is 7.12. The van der Waals surface area contributed by atoms with E-state index in [2.05, 4.69) is 27.0 Å². The first kappa shape index (κ1) is 26.9. The van der Waals surface area contributed by atoms with E-state index in [1.165, 1.54) is 13.3 Å². The van der Waals surface area contributed by atoms with Crippen LogP contribution in [0.4, 0.5) is 8.78 Å². The molecule has 0 aromatic carbocycles. The van der Waals surface area contributed by atoms with Crippen molar-refractivity contribution in [3.05, 3.63) is 36.0 Å². The van der Waals surface area contributed by atoms with E-state index in [0.29, 0.717) is 19.3 Å². The van der Waals surface area contributed by atoms with Gasteiger partial charge in [-0.1, -0.05) is 47.3 Å². The number of ether oxygens (including phenoxy) is 1. The first-order valence-electron chi connectivity index (χ1n) is 9.49. The fourth-order valence-electron chi connectivity index (χ4n) is 2.09. The van der Waals surface area contributed by atoms with Gasteiger partial charge < -0.3 is 9.53 Å². The van der Waals surface area contributed by atoms with Crippen LogP contribution in [0.15, 0.2) is 36.0 Å². The summed E-state index contributed by atoms with van der Waals surface area (Å²) < 4.78 is 33.7. The van der Waals surface area contributed by atoms with Crippen LogP contribution in [0.25, 0.3) is 0 Å². The van der Waals surface area contributed by atoms with Gasteiger partial charge in [0.25, 0.3) is 0 Å². The summed E-state index contributed by atoms with van der Waals surface area (Å²) in [7, 11) is 1.62. The molecule has 0 saturated heterocycles. The van der Waals surface area contributed by atoms with Crippen LogP contribution in [0.5, 0.6) is 0 Å². The summed E-state index contributed by atoms with van der Waals surface area (Å²) in [6, 6.07) is 0. The van der Waals surface area contributed by atoms with E-state index in [4.69, 9.17) is 4.74 Å². The van der Waals surface area contributed by atoms with Crippen LogP contribution in [0.2, 0.25) is 0 Å². The number of ketones is 1. The number of hydrogen-bond acceptors (Lipinski definition) is 2. The molecule has 0 N–H and O–H groups in total. The zero-order chi connectivity index (χ0) is 20.9. The Labute approximate surface area is 159 Å². The molecular formula is C22H38F2O2. The normalized spacial score (nSPS) is 15.1. The molecule has 3 atom stereocenters. The van der Waals surface area contributed by atoms with Crippen molar-refractivity contribution in [1.82, 2.24) is 0 Å². The summed E-state index contributed by atoms with van der Waals surface area (Å²) >= 11 is 0. The zero-order valence-electron chi connectivity index (χ0n) is 17.8. The molecule has 0 fully saturated rings. The SMILES string of the molecule is C=C(/C(F)=C(/F)C(=C)C(C)CCC(C)OC)C(C)CCC(C)=O.CCC. The molecule has 0 aliphatic rings. The Morgan fingerprint density at radius 2 is 1.31 bits per heavy atom. The third kappa shape index (κ3) is 11.3. The van der Waals surface area contributed by atoms with Gasteiger partial charge in [0.05, 0.1) is 6.10 Å². The lowest BCUT2D eigenvalue weighted by molar-refractivity contribution is -0.117. The molecule has 0 aliphatic carbocycles. The minimum atomic E-state index is -0.947. The van der Waals surface area contributed by atoms with E-state index in [1.54, 1.807) is 14.0 Å². The van der Waals surface area contributed by atoms with E-state index >= 15 is 0 Å². The molecule has 0 aliphatic heterocycles. The number of rotatable bonds is 11. The minimum Gasteiger partial charge on any atom is -0.382 e. The lowest BCUT2D eigenvalue weighted by atomic mass is 9.91. The highest BCUT2D eigenvalue weighted by molar-refractivity contribution is 5.75. The molecule has 0 amide bonds. The molecule has 0 heterocycles. The van der Waals surface area contributed by atoms with E-state index < -0.39 is 11.7 Å². The number of methoxy groups -OCH3 is 1. The lowest BCUT2D eigenvalue weighted by Gasteiger charge is -2.18. The van der Waals surface area contributed by atoms with Gasteiger partial charge in [-0.15, -0.1) is 0 Å². The van der Waals surface area contributed by atoms with Crippen molar-refractivity contribution in [2.45, 2.75) is 79.8 Å². The monoisotopic (exact) mass is 372 g/mol. The molecule has 0 spiro atoms. The second kappa shape index (κ2) is 14.8. The number of carbonyl (C=O) groups is 1. The maximum atomic E-state index is 14.3. The molecule has 0 rings (SSSR count). The van der Waals surface area contributed by atoms with Crippen molar-refractivity contribution in [2.24, 2.45) is 11.8 Å². The maximum Gasteiger partial charge on any atom is 0.161 e. The number of allylic oxidation sites excluding steroid dienone is 4. The molecule has 3 unspecified atom stereocenters. The van der Waals surface area contributed by atoms with Crippen LogP contribution in [-0.4, -0.2) is 19.0 Å². The molecule has 2 nitrogen and oxygen atoms in total. The largest absolute Gasteiger partial charge is 0.382 e. The Bertz CT molecular complexity index is 481. The number of halogens is 2. The van der Waals surface area contributed by atoms with Gasteiger partial charge >= 0.3 is 0 Å². The number of carbonyl (C=O) groups excluding carboxylic acids is 1. The molecule has 0 aromatic heterocycles. The second-order valence-corrected chi connectivity index (χ2v) is 7.05. The molecule has 0 saturated carbocycles. The van der Waals surface area contributed by atoms with E-state index in [9.17, 15) is 13.6 Å². The molecule has 0 radical (unpaired) electrons. The van der Waals surface area contributed by atoms with E-state index in [0.717, 1.165) is 6.42 Å². The van der Waals surface area contributed by atoms with E-state index in [1.807, 2.05) is 13.8 Å². The van der Waals surface area contributed by atoms with Crippen molar-refractivity contribution in [3.63, 3.8) is 0 Å². The summed E-state index contributed by atoms with van der Waals surface area (Å²) in [5, 5.41) is 0. The third-order valence-electron chi connectivity index (χ3n) is 4.28. The average molecular weight is 373 g/mol. The fraction of sp³-hybridized carbons (Fsp3) is 0.682. The molecule has 26 heavy (non-hydrogen) atoms.